The molecule has 0 aliphatic rings. The van der Waals surface area contributed by atoms with Gasteiger partial charge in [-0.3, -0.25) is 19.7 Å². The number of nitrogens with one attached hydrogen (secondary N) is 1. The molecule has 0 radical (unpaired) electrons. The van der Waals surface area contributed by atoms with E-state index in [0.29, 0.717) is 5.69 Å². The van der Waals surface area contributed by atoms with Crippen molar-refractivity contribution in [3.8, 4) is 0 Å². The molecule has 0 aliphatic heterocycles. The van der Waals surface area contributed by atoms with Crippen molar-refractivity contribution in [1.82, 2.24) is 9.97 Å². The molecule has 102 valence electrons. The van der Waals surface area contributed by atoms with Crippen molar-refractivity contribution in [2.24, 2.45) is 0 Å². The Bertz CT molecular complexity index is 741. The highest BCUT2D eigenvalue weighted by Crippen LogP contribution is 2.21. The number of hydrogen-bond acceptors (Lipinski definition) is 6. The van der Waals surface area contributed by atoms with Gasteiger partial charge in [0.15, 0.2) is 5.16 Å². The Kier molecular flexibility index (Phi) is 3.94. The molecule has 0 unspecified atom stereocenters. The molecule has 2 rings (SSSR count). The minimum absolute atomic E-state index is 0.159. The summed E-state index contributed by atoms with van der Waals surface area (Å²) in [6.45, 7) is 1.64. The minimum atomic E-state index is -0.575. The van der Waals surface area contributed by atoms with Crippen molar-refractivity contribution in [3.05, 3.63) is 62.1 Å². The standard InChI is InChI=1S/C12H9N3O4S/c1-7-5-10(16)14-12(13-7)20-11(17)8-3-2-4-9(6-8)15(18)19/h2-6H,1H3,(H,13,14,16). The molecule has 1 aromatic heterocycles. The first-order valence-electron chi connectivity index (χ1n) is 5.50. The largest absolute Gasteiger partial charge is 0.301 e. The van der Waals surface area contributed by atoms with E-state index in [-0.39, 0.29) is 22.0 Å². The molecule has 1 N–H and O–H groups in total. The summed E-state index contributed by atoms with van der Waals surface area (Å²) < 4.78 is 0. The number of carbonyl (C=O) groups excluding carboxylic acids is 1. The SMILES string of the molecule is Cc1cc(=O)[nH]c(SC(=O)c2cccc([N+](=O)[O-])c2)n1. The van der Waals surface area contributed by atoms with Gasteiger partial charge < -0.3 is 4.98 Å². The molecule has 0 saturated heterocycles. The summed E-state index contributed by atoms with van der Waals surface area (Å²) in [4.78, 5) is 39.8. The lowest BCUT2D eigenvalue weighted by atomic mass is 10.2. The molecule has 0 aliphatic carbocycles. The zero-order valence-corrected chi connectivity index (χ0v) is 11.1. The van der Waals surface area contributed by atoms with Crippen LogP contribution in [0.5, 0.6) is 0 Å². The quantitative estimate of drug-likeness (QED) is 0.401. The number of thioether (sulfide) groups is 1. The number of benzene rings is 1. The molecule has 0 spiro atoms. The molecule has 2 aromatic rings. The maximum Gasteiger partial charge on any atom is 0.270 e. The van der Waals surface area contributed by atoms with E-state index in [0.717, 1.165) is 11.8 Å². The van der Waals surface area contributed by atoms with E-state index in [2.05, 4.69) is 9.97 Å². The van der Waals surface area contributed by atoms with Crippen LogP contribution in [0.4, 0.5) is 5.69 Å². The Morgan fingerprint density at radius 3 is 2.80 bits per heavy atom. The zero-order valence-electron chi connectivity index (χ0n) is 10.3. The van der Waals surface area contributed by atoms with Crippen molar-refractivity contribution in [1.29, 1.82) is 0 Å². The van der Waals surface area contributed by atoms with Crippen LogP contribution in [0.15, 0.2) is 40.3 Å². The van der Waals surface area contributed by atoms with Crippen LogP contribution in [0.3, 0.4) is 0 Å². The average Bonchev–Trinajstić information content (AvgIpc) is 2.37. The smallest absolute Gasteiger partial charge is 0.270 e. The van der Waals surface area contributed by atoms with E-state index >= 15 is 0 Å². The number of rotatable bonds is 3. The molecule has 0 atom stereocenters. The van der Waals surface area contributed by atoms with E-state index < -0.39 is 10.0 Å². The Balaban J connectivity index is 2.26. The Morgan fingerprint density at radius 1 is 1.40 bits per heavy atom. The van der Waals surface area contributed by atoms with Crippen LogP contribution in [0.2, 0.25) is 0 Å². The highest BCUT2D eigenvalue weighted by atomic mass is 32.2. The van der Waals surface area contributed by atoms with E-state index in [4.69, 9.17) is 0 Å². The second kappa shape index (κ2) is 5.66. The summed E-state index contributed by atoms with van der Waals surface area (Å²) in [6.07, 6.45) is 0. The van der Waals surface area contributed by atoms with Gasteiger partial charge in [-0.15, -0.1) is 0 Å². The summed E-state index contributed by atoms with van der Waals surface area (Å²) in [7, 11) is 0. The van der Waals surface area contributed by atoms with Gasteiger partial charge in [0.2, 0.25) is 5.12 Å². The van der Waals surface area contributed by atoms with Gasteiger partial charge >= 0.3 is 0 Å². The fourth-order valence-corrected chi connectivity index (χ4v) is 2.25. The number of hydrogen-bond donors (Lipinski definition) is 1. The Hall–Kier alpha value is -2.48. The number of aromatic nitrogens is 2. The first kappa shape index (κ1) is 13.9. The Labute approximate surface area is 117 Å². The highest BCUT2D eigenvalue weighted by Gasteiger charge is 2.14. The minimum Gasteiger partial charge on any atom is -0.301 e. The third kappa shape index (κ3) is 3.29. The van der Waals surface area contributed by atoms with Crippen LogP contribution in [0.25, 0.3) is 0 Å². The van der Waals surface area contributed by atoms with Crippen LogP contribution >= 0.6 is 11.8 Å². The first-order valence-corrected chi connectivity index (χ1v) is 6.32. The number of carbonyl (C=O) groups is 1. The van der Waals surface area contributed by atoms with E-state index in [1.165, 1.54) is 30.3 Å². The summed E-state index contributed by atoms with van der Waals surface area (Å²) in [6, 6.07) is 6.69. The molecular formula is C12H9N3O4S. The number of nitro benzene ring substituents is 1. The monoisotopic (exact) mass is 291 g/mol. The molecule has 0 amide bonds. The van der Waals surface area contributed by atoms with Gasteiger partial charge in [-0.2, -0.15) is 0 Å². The third-order valence-electron chi connectivity index (χ3n) is 2.33. The van der Waals surface area contributed by atoms with Gasteiger partial charge in [0, 0.05) is 29.5 Å². The molecule has 20 heavy (non-hydrogen) atoms. The third-order valence-corrected chi connectivity index (χ3v) is 3.14. The van der Waals surface area contributed by atoms with E-state index in [9.17, 15) is 19.7 Å². The van der Waals surface area contributed by atoms with Crippen molar-refractivity contribution in [2.75, 3.05) is 0 Å². The number of H-pyrrole nitrogens is 1. The average molecular weight is 291 g/mol. The second-order valence-electron chi connectivity index (χ2n) is 3.89. The maximum absolute atomic E-state index is 12.0. The predicted octanol–water partition coefficient (Wildman–Crippen LogP) is 1.92. The molecule has 0 saturated carbocycles. The van der Waals surface area contributed by atoms with Gasteiger partial charge in [-0.25, -0.2) is 4.98 Å². The molecule has 1 aromatic carbocycles. The van der Waals surface area contributed by atoms with E-state index in [1.807, 2.05) is 0 Å². The fraction of sp³-hybridized carbons (Fsp3) is 0.0833. The summed E-state index contributed by atoms with van der Waals surface area (Å²) in [5.74, 6) is 0. The summed E-state index contributed by atoms with van der Waals surface area (Å²) in [5.41, 5.74) is 0.144. The van der Waals surface area contributed by atoms with Crippen molar-refractivity contribution < 1.29 is 9.72 Å². The molecule has 0 bridgehead atoms. The topological polar surface area (TPSA) is 106 Å². The van der Waals surface area contributed by atoms with Crippen LogP contribution < -0.4 is 5.56 Å². The van der Waals surface area contributed by atoms with Gasteiger partial charge in [-0.05, 0) is 24.8 Å². The second-order valence-corrected chi connectivity index (χ2v) is 4.85. The number of nitrogens with zero attached hydrogens (tertiary/aromatic N) is 2. The van der Waals surface area contributed by atoms with Gasteiger partial charge in [-0.1, -0.05) is 6.07 Å². The van der Waals surface area contributed by atoms with Crippen molar-refractivity contribution in [3.63, 3.8) is 0 Å². The molecule has 7 nitrogen and oxygen atoms in total. The van der Waals surface area contributed by atoms with Crippen LogP contribution in [-0.4, -0.2) is 20.0 Å². The number of aromatic amines is 1. The summed E-state index contributed by atoms with van der Waals surface area (Å²) in [5, 5.41) is 10.4. The van der Waals surface area contributed by atoms with Gasteiger partial charge in [0.25, 0.3) is 11.2 Å². The lowest BCUT2D eigenvalue weighted by Gasteiger charge is -2.01. The van der Waals surface area contributed by atoms with Crippen molar-refractivity contribution >= 4 is 22.6 Å². The predicted molar refractivity (Wildman–Crippen MR) is 72.9 cm³/mol. The van der Waals surface area contributed by atoms with E-state index in [1.54, 1.807) is 6.92 Å². The fourth-order valence-electron chi connectivity index (χ4n) is 1.49. The highest BCUT2D eigenvalue weighted by molar-refractivity contribution is 8.14. The maximum atomic E-state index is 12.0. The Morgan fingerprint density at radius 2 is 2.15 bits per heavy atom. The molecule has 0 fully saturated rings. The molecular weight excluding hydrogens is 282 g/mol. The van der Waals surface area contributed by atoms with Crippen LogP contribution in [0, 0.1) is 17.0 Å². The van der Waals surface area contributed by atoms with Crippen LogP contribution in [0.1, 0.15) is 16.1 Å². The molecule has 1 heterocycles. The first-order chi connectivity index (χ1) is 9.45. The lowest BCUT2D eigenvalue weighted by molar-refractivity contribution is -0.384. The lowest BCUT2D eigenvalue weighted by Crippen LogP contribution is -2.09. The van der Waals surface area contributed by atoms with Crippen molar-refractivity contribution in [2.45, 2.75) is 12.1 Å². The van der Waals surface area contributed by atoms with Gasteiger partial charge in [0.1, 0.15) is 0 Å². The number of aryl methyl sites for hydroxylation is 1. The molecule has 8 heteroatoms. The van der Waals surface area contributed by atoms with Gasteiger partial charge in [0.05, 0.1) is 4.92 Å². The van der Waals surface area contributed by atoms with Crippen LogP contribution in [-0.2, 0) is 0 Å². The number of nitro groups is 1. The summed E-state index contributed by atoms with van der Waals surface area (Å²) >= 11 is 0.717. The number of non-ortho nitro benzene ring substituents is 1. The normalized spacial score (nSPS) is 10.2. The zero-order chi connectivity index (χ0) is 14.7.